The Labute approximate surface area is 158 Å². The van der Waals surface area contributed by atoms with Crippen LogP contribution in [0.25, 0.3) is 5.69 Å². The number of pyridine rings is 1. The van der Waals surface area contributed by atoms with Crippen molar-refractivity contribution in [2.45, 2.75) is 32.6 Å². The summed E-state index contributed by atoms with van der Waals surface area (Å²) in [5.41, 5.74) is 5.10. The predicted molar refractivity (Wildman–Crippen MR) is 108 cm³/mol. The van der Waals surface area contributed by atoms with E-state index in [9.17, 15) is 9.59 Å². The molecule has 1 aliphatic carbocycles. The van der Waals surface area contributed by atoms with Crippen LogP contribution in [0.2, 0.25) is 0 Å². The lowest BCUT2D eigenvalue weighted by Gasteiger charge is -2.17. The van der Waals surface area contributed by atoms with Crippen LogP contribution in [0.5, 0.6) is 0 Å². The summed E-state index contributed by atoms with van der Waals surface area (Å²) in [6.07, 6.45) is 2.00. The Hall–Kier alpha value is -3.14. The first-order valence-corrected chi connectivity index (χ1v) is 9.24. The molecule has 4 nitrogen and oxygen atoms in total. The van der Waals surface area contributed by atoms with E-state index in [0.717, 1.165) is 41.0 Å². The number of aryl methyl sites for hydroxylation is 2. The average molecular weight is 358 g/mol. The SMILES string of the molecule is Cc1ccc(NC(=O)c2ccc(=O)n(-c3ccc(C)cc3)c2C2CC2)cc1. The van der Waals surface area contributed by atoms with Crippen molar-refractivity contribution in [1.82, 2.24) is 4.57 Å². The predicted octanol–water partition coefficient (Wildman–Crippen LogP) is 4.58. The third-order valence-electron chi connectivity index (χ3n) is 4.94. The molecule has 0 aliphatic heterocycles. The van der Waals surface area contributed by atoms with E-state index in [4.69, 9.17) is 0 Å². The van der Waals surface area contributed by atoms with Gasteiger partial charge in [-0.15, -0.1) is 0 Å². The maximum atomic E-state index is 13.0. The molecule has 3 aromatic rings. The molecule has 0 bridgehead atoms. The van der Waals surface area contributed by atoms with Crippen LogP contribution in [-0.4, -0.2) is 10.5 Å². The van der Waals surface area contributed by atoms with E-state index in [0.29, 0.717) is 5.56 Å². The van der Waals surface area contributed by atoms with Crippen molar-refractivity contribution in [1.29, 1.82) is 0 Å². The molecule has 1 aliphatic rings. The lowest BCUT2D eigenvalue weighted by molar-refractivity contribution is 0.102. The Bertz CT molecular complexity index is 1040. The Balaban J connectivity index is 1.78. The molecule has 1 saturated carbocycles. The van der Waals surface area contributed by atoms with Gasteiger partial charge in [0, 0.05) is 29.1 Å². The minimum atomic E-state index is -0.179. The summed E-state index contributed by atoms with van der Waals surface area (Å²) in [5.74, 6) is 0.0700. The minimum absolute atomic E-state index is 0.104. The van der Waals surface area contributed by atoms with Crippen molar-refractivity contribution >= 4 is 11.6 Å². The number of carbonyl (C=O) groups excluding carboxylic acids is 1. The number of nitrogens with zero attached hydrogens (tertiary/aromatic N) is 1. The van der Waals surface area contributed by atoms with Crippen molar-refractivity contribution < 1.29 is 4.79 Å². The molecule has 27 heavy (non-hydrogen) atoms. The molecule has 0 atom stereocenters. The summed E-state index contributed by atoms with van der Waals surface area (Å²) in [7, 11) is 0. The molecule has 136 valence electrons. The number of benzene rings is 2. The van der Waals surface area contributed by atoms with Crippen LogP contribution in [0.4, 0.5) is 5.69 Å². The number of amides is 1. The van der Waals surface area contributed by atoms with E-state index in [1.54, 1.807) is 10.6 Å². The summed E-state index contributed by atoms with van der Waals surface area (Å²) in [5, 5.41) is 2.96. The second kappa shape index (κ2) is 6.88. The number of rotatable bonds is 4. The van der Waals surface area contributed by atoms with Gasteiger partial charge in [-0.3, -0.25) is 14.2 Å². The molecule has 4 heteroatoms. The number of hydrogen-bond donors (Lipinski definition) is 1. The van der Waals surface area contributed by atoms with Crippen LogP contribution in [-0.2, 0) is 0 Å². The highest BCUT2D eigenvalue weighted by Gasteiger charge is 2.32. The third-order valence-corrected chi connectivity index (χ3v) is 4.94. The molecular weight excluding hydrogens is 336 g/mol. The third kappa shape index (κ3) is 3.56. The maximum Gasteiger partial charge on any atom is 0.257 e. The molecule has 0 radical (unpaired) electrons. The second-order valence-electron chi connectivity index (χ2n) is 7.24. The number of nitrogens with one attached hydrogen (secondary N) is 1. The summed E-state index contributed by atoms with van der Waals surface area (Å²) in [6, 6.07) is 18.7. The Morgan fingerprint density at radius 1 is 0.889 bits per heavy atom. The van der Waals surface area contributed by atoms with Gasteiger partial charge >= 0.3 is 0 Å². The van der Waals surface area contributed by atoms with Gasteiger partial charge in [-0.25, -0.2) is 0 Å². The highest BCUT2D eigenvalue weighted by atomic mass is 16.2. The van der Waals surface area contributed by atoms with E-state index in [2.05, 4.69) is 5.32 Å². The van der Waals surface area contributed by atoms with Gasteiger partial charge < -0.3 is 5.32 Å². The van der Waals surface area contributed by atoms with E-state index < -0.39 is 0 Å². The fraction of sp³-hybridized carbons (Fsp3) is 0.217. The van der Waals surface area contributed by atoms with Crippen molar-refractivity contribution in [2.75, 3.05) is 5.32 Å². The average Bonchev–Trinajstić information content (AvgIpc) is 3.49. The van der Waals surface area contributed by atoms with Gasteiger partial charge in [-0.1, -0.05) is 35.4 Å². The van der Waals surface area contributed by atoms with Gasteiger partial charge in [0.05, 0.1) is 5.56 Å². The fourth-order valence-electron chi connectivity index (χ4n) is 3.30. The van der Waals surface area contributed by atoms with Crippen LogP contribution in [0.3, 0.4) is 0 Å². The summed E-state index contributed by atoms with van der Waals surface area (Å²) >= 11 is 0. The molecule has 1 aromatic heterocycles. The quantitative estimate of drug-likeness (QED) is 0.742. The fourth-order valence-corrected chi connectivity index (χ4v) is 3.30. The van der Waals surface area contributed by atoms with Crippen molar-refractivity contribution in [3.05, 3.63) is 93.4 Å². The van der Waals surface area contributed by atoms with Gasteiger partial charge in [0.15, 0.2) is 0 Å². The Morgan fingerprint density at radius 2 is 1.48 bits per heavy atom. The molecule has 1 fully saturated rings. The lowest BCUT2D eigenvalue weighted by Crippen LogP contribution is -2.26. The first kappa shape index (κ1) is 17.3. The highest BCUT2D eigenvalue weighted by Crippen LogP contribution is 2.42. The normalized spacial score (nSPS) is 13.4. The number of aromatic nitrogens is 1. The molecule has 1 N–H and O–H groups in total. The zero-order valence-electron chi connectivity index (χ0n) is 15.5. The largest absolute Gasteiger partial charge is 0.322 e. The van der Waals surface area contributed by atoms with Gasteiger partial charge in [0.1, 0.15) is 0 Å². The van der Waals surface area contributed by atoms with Gasteiger partial charge in [0.25, 0.3) is 11.5 Å². The van der Waals surface area contributed by atoms with Gasteiger partial charge in [-0.2, -0.15) is 0 Å². The summed E-state index contributed by atoms with van der Waals surface area (Å²) in [4.78, 5) is 25.6. The molecule has 1 amide bonds. The summed E-state index contributed by atoms with van der Waals surface area (Å²) in [6.45, 7) is 4.02. The van der Waals surface area contributed by atoms with Crippen LogP contribution in [0, 0.1) is 13.8 Å². The lowest BCUT2D eigenvalue weighted by atomic mass is 10.1. The first-order chi connectivity index (χ1) is 13.0. The Morgan fingerprint density at radius 3 is 2.07 bits per heavy atom. The number of hydrogen-bond acceptors (Lipinski definition) is 2. The highest BCUT2D eigenvalue weighted by molar-refractivity contribution is 6.05. The first-order valence-electron chi connectivity index (χ1n) is 9.24. The Kier molecular flexibility index (Phi) is 4.40. The zero-order chi connectivity index (χ0) is 19.0. The van der Waals surface area contributed by atoms with Crippen LogP contribution < -0.4 is 10.9 Å². The molecule has 0 unspecified atom stereocenters. The molecule has 4 rings (SSSR count). The van der Waals surface area contributed by atoms with E-state index in [-0.39, 0.29) is 17.4 Å². The van der Waals surface area contributed by atoms with Crippen LogP contribution in [0.15, 0.2) is 65.5 Å². The smallest absolute Gasteiger partial charge is 0.257 e. The monoisotopic (exact) mass is 358 g/mol. The molecular formula is C23H22N2O2. The van der Waals surface area contributed by atoms with E-state index in [1.807, 2.05) is 62.4 Å². The topological polar surface area (TPSA) is 51.1 Å². The standard InChI is InChI=1S/C23H22N2O2/c1-15-3-9-18(10-4-15)24-23(27)20-13-14-21(26)25(22(20)17-7-8-17)19-11-5-16(2)6-12-19/h3-6,9-14,17H,7-8H2,1-2H3,(H,24,27). The van der Waals surface area contributed by atoms with E-state index in [1.165, 1.54) is 6.07 Å². The minimum Gasteiger partial charge on any atom is -0.322 e. The zero-order valence-corrected chi connectivity index (χ0v) is 15.5. The maximum absolute atomic E-state index is 13.0. The van der Waals surface area contributed by atoms with Crippen LogP contribution >= 0.6 is 0 Å². The second-order valence-corrected chi connectivity index (χ2v) is 7.24. The number of anilines is 1. The number of carbonyl (C=O) groups is 1. The molecule has 1 heterocycles. The van der Waals surface area contributed by atoms with Crippen molar-refractivity contribution in [3.8, 4) is 5.69 Å². The van der Waals surface area contributed by atoms with Gasteiger partial charge in [-0.05, 0) is 57.0 Å². The van der Waals surface area contributed by atoms with Crippen molar-refractivity contribution in [2.24, 2.45) is 0 Å². The van der Waals surface area contributed by atoms with Gasteiger partial charge in [0.2, 0.25) is 0 Å². The molecule has 0 saturated heterocycles. The van der Waals surface area contributed by atoms with Crippen molar-refractivity contribution in [3.63, 3.8) is 0 Å². The van der Waals surface area contributed by atoms with E-state index >= 15 is 0 Å². The van der Waals surface area contributed by atoms with Crippen LogP contribution in [0.1, 0.15) is 45.9 Å². The molecule has 2 aromatic carbocycles. The molecule has 0 spiro atoms. The summed E-state index contributed by atoms with van der Waals surface area (Å²) < 4.78 is 1.70.